The van der Waals surface area contributed by atoms with Gasteiger partial charge in [-0.2, -0.15) is 4.98 Å². The number of hydrogen-bond donors (Lipinski definition) is 1. The van der Waals surface area contributed by atoms with E-state index in [2.05, 4.69) is 29.2 Å². The summed E-state index contributed by atoms with van der Waals surface area (Å²) in [6.07, 6.45) is 0. The van der Waals surface area contributed by atoms with Crippen LogP contribution < -0.4 is 0 Å². The number of benzene rings is 3. The molecule has 0 saturated carbocycles. The van der Waals surface area contributed by atoms with Gasteiger partial charge < -0.3 is 14.4 Å². The molecule has 0 bridgehead atoms. The number of aromatic carboxylic acids is 1. The van der Waals surface area contributed by atoms with Crippen molar-refractivity contribution in [2.75, 3.05) is 7.11 Å². The number of aryl methyl sites for hydroxylation is 1. The van der Waals surface area contributed by atoms with Crippen LogP contribution in [0.15, 0.2) is 71.3 Å². The van der Waals surface area contributed by atoms with Crippen molar-refractivity contribution in [3.63, 3.8) is 0 Å². The summed E-state index contributed by atoms with van der Waals surface area (Å²) in [5.41, 5.74) is 5.95. The van der Waals surface area contributed by atoms with Crippen LogP contribution in [-0.4, -0.2) is 28.3 Å². The highest BCUT2D eigenvalue weighted by molar-refractivity contribution is 5.89. The average molecular weight is 400 g/mol. The summed E-state index contributed by atoms with van der Waals surface area (Å²) in [6.45, 7) is 2.52. The Bertz CT molecular complexity index is 1210. The fourth-order valence-corrected chi connectivity index (χ4v) is 3.39. The molecule has 1 aromatic heterocycles. The van der Waals surface area contributed by atoms with E-state index in [9.17, 15) is 9.90 Å². The first kappa shape index (κ1) is 19.5. The molecule has 0 fully saturated rings. The summed E-state index contributed by atoms with van der Waals surface area (Å²) in [5, 5.41) is 13.2. The van der Waals surface area contributed by atoms with Gasteiger partial charge in [-0.05, 0) is 53.4 Å². The Kier molecular flexibility index (Phi) is 5.41. The molecule has 6 heteroatoms. The standard InChI is InChI=1S/C24H20N2O4/c1-15-6-3-4-9-20(15)21-11-10-17(13-19(21)14-29-2)23-25-22(26-30-23)16-7-5-8-18(12-16)24(27)28/h3-13H,14H2,1-2H3,(H,27,28). The van der Waals surface area contributed by atoms with Gasteiger partial charge in [0.05, 0.1) is 12.2 Å². The lowest BCUT2D eigenvalue weighted by Gasteiger charge is -2.12. The molecule has 3 aromatic carbocycles. The van der Waals surface area contributed by atoms with E-state index < -0.39 is 5.97 Å². The van der Waals surface area contributed by atoms with E-state index in [0.717, 1.165) is 22.3 Å². The topological polar surface area (TPSA) is 85.5 Å². The SMILES string of the molecule is COCc1cc(-c2nc(-c3cccc(C(=O)O)c3)no2)ccc1-c1ccccc1C. The van der Waals surface area contributed by atoms with Crippen LogP contribution in [0.3, 0.4) is 0 Å². The molecule has 150 valence electrons. The van der Waals surface area contributed by atoms with Crippen molar-refractivity contribution in [3.8, 4) is 34.0 Å². The molecule has 0 amide bonds. The van der Waals surface area contributed by atoms with Crippen molar-refractivity contribution in [2.24, 2.45) is 0 Å². The van der Waals surface area contributed by atoms with Gasteiger partial charge in [-0.15, -0.1) is 0 Å². The molecule has 0 saturated heterocycles. The average Bonchev–Trinajstić information content (AvgIpc) is 3.25. The van der Waals surface area contributed by atoms with Crippen LogP contribution in [-0.2, 0) is 11.3 Å². The molecule has 1 heterocycles. The van der Waals surface area contributed by atoms with Gasteiger partial charge in [0.2, 0.25) is 5.82 Å². The monoisotopic (exact) mass is 400 g/mol. The largest absolute Gasteiger partial charge is 0.478 e. The Labute approximate surface area is 173 Å². The predicted octanol–water partition coefficient (Wildman–Crippen LogP) is 5.22. The van der Waals surface area contributed by atoms with Gasteiger partial charge in [0.1, 0.15) is 0 Å². The van der Waals surface area contributed by atoms with E-state index in [-0.39, 0.29) is 5.56 Å². The van der Waals surface area contributed by atoms with Crippen molar-refractivity contribution in [1.82, 2.24) is 10.1 Å². The molecular weight excluding hydrogens is 380 g/mol. The quantitative estimate of drug-likeness (QED) is 0.477. The highest BCUT2D eigenvalue weighted by Gasteiger charge is 2.15. The highest BCUT2D eigenvalue weighted by Crippen LogP contribution is 2.31. The molecule has 1 N–H and O–H groups in total. The molecule has 0 aliphatic carbocycles. The lowest BCUT2D eigenvalue weighted by atomic mass is 9.94. The van der Waals surface area contributed by atoms with Gasteiger partial charge in [-0.25, -0.2) is 4.79 Å². The minimum atomic E-state index is -1.00. The van der Waals surface area contributed by atoms with E-state index in [1.165, 1.54) is 17.7 Å². The number of carbonyl (C=O) groups is 1. The molecule has 0 radical (unpaired) electrons. The third-order valence-corrected chi connectivity index (χ3v) is 4.88. The Hall–Kier alpha value is -3.77. The van der Waals surface area contributed by atoms with E-state index in [4.69, 9.17) is 9.26 Å². The number of methoxy groups -OCH3 is 1. The minimum absolute atomic E-state index is 0.170. The van der Waals surface area contributed by atoms with E-state index in [1.807, 2.05) is 30.3 Å². The lowest BCUT2D eigenvalue weighted by molar-refractivity contribution is 0.0697. The Morgan fingerprint density at radius 1 is 1.00 bits per heavy atom. The maximum absolute atomic E-state index is 11.2. The van der Waals surface area contributed by atoms with Crippen LogP contribution >= 0.6 is 0 Å². The molecule has 4 rings (SSSR count). The summed E-state index contributed by atoms with van der Waals surface area (Å²) in [4.78, 5) is 15.7. The van der Waals surface area contributed by atoms with Crippen LogP contribution in [0, 0.1) is 6.92 Å². The van der Waals surface area contributed by atoms with Crippen molar-refractivity contribution >= 4 is 5.97 Å². The first-order valence-electron chi connectivity index (χ1n) is 9.42. The van der Waals surface area contributed by atoms with Gasteiger partial charge in [-0.3, -0.25) is 0 Å². The molecule has 0 unspecified atom stereocenters. The van der Waals surface area contributed by atoms with Gasteiger partial charge in [-0.1, -0.05) is 47.6 Å². The fraction of sp³-hybridized carbons (Fsp3) is 0.125. The first-order valence-corrected chi connectivity index (χ1v) is 9.42. The summed E-state index contributed by atoms with van der Waals surface area (Å²) in [7, 11) is 1.66. The third-order valence-electron chi connectivity index (χ3n) is 4.88. The molecule has 6 nitrogen and oxygen atoms in total. The van der Waals surface area contributed by atoms with E-state index in [1.54, 1.807) is 19.2 Å². The third kappa shape index (κ3) is 3.86. The Morgan fingerprint density at radius 3 is 2.60 bits per heavy atom. The van der Waals surface area contributed by atoms with E-state index in [0.29, 0.717) is 23.9 Å². The van der Waals surface area contributed by atoms with Crippen molar-refractivity contribution in [1.29, 1.82) is 0 Å². The summed E-state index contributed by atoms with van der Waals surface area (Å²) in [6, 6.07) is 20.6. The number of ether oxygens (including phenoxy) is 1. The molecule has 4 aromatic rings. The van der Waals surface area contributed by atoms with Gasteiger partial charge in [0.25, 0.3) is 5.89 Å². The maximum atomic E-state index is 11.2. The fourth-order valence-electron chi connectivity index (χ4n) is 3.39. The van der Waals surface area contributed by atoms with Gasteiger partial charge in [0, 0.05) is 18.2 Å². The second-order valence-electron chi connectivity index (χ2n) is 6.93. The van der Waals surface area contributed by atoms with Crippen molar-refractivity contribution in [3.05, 3.63) is 83.4 Å². The maximum Gasteiger partial charge on any atom is 0.335 e. The molecule has 0 aliphatic rings. The van der Waals surface area contributed by atoms with Crippen LogP contribution in [0.2, 0.25) is 0 Å². The normalized spacial score (nSPS) is 10.9. The number of nitrogens with zero attached hydrogens (tertiary/aromatic N) is 2. The van der Waals surface area contributed by atoms with Gasteiger partial charge >= 0.3 is 5.97 Å². The molecule has 30 heavy (non-hydrogen) atoms. The zero-order chi connectivity index (χ0) is 21.1. The second-order valence-corrected chi connectivity index (χ2v) is 6.93. The summed E-state index contributed by atoms with van der Waals surface area (Å²) < 4.78 is 10.9. The van der Waals surface area contributed by atoms with Crippen LogP contribution in [0.4, 0.5) is 0 Å². The van der Waals surface area contributed by atoms with Gasteiger partial charge in [0.15, 0.2) is 0 Å². The second kappa shape index (κ2) is 8.31. The molecule has 0 aliphatic heterocycles. The zero-order valence-corrected chi connectivity index (χ0v) is 16.6. The summed E-state index contributed by atoms with van der Waals surface area (Å²) >= 11 is 0. The Morgan fingerprint density at radius 2 is 1.83 bits per heavy atom. The Balaban J connectivity index is 1.72. The number of rotatable bonds is 6. The number of carboxylic acids is 1. The highest BCUT2D eigenvalue weighted by atomic mass is 16.5. The predicted molar refractivity (Wildman–Crippen MR) is 113 cm³/mol. The van der Waals surface area contributed by atoms with E-state index >= 15 is 0 Å². The summed E-state index contributed by atoms with van der Waals surface area (Å²) in [5.74, 6) is -0.305. The molecular formula is C24H20N2O4. The number of aromatic nitrogens is 2. The molecule has 0 spiro atoms. The van der Waals surface area contributed by atoms with Crippen LogP contribution in [0.25, 0.3) is 34.0 Å². The minimum Gasteiger partial charge on any atom is -0.478 e. The number of hydrogen-bond acceptors (Lipinski definition) is 5. The number of carboxylic acid groups (broad SMARTS) is 1. The van der Waals surface area contributed by atoms with Crippen LogP contribution in [0.5, 0.6) is 0 Å². The first-order chi connectivity index (χ1) is 14.6. The van der Waals surface area contributed by atoms with Crippen molar-refractivity contribution in [2.45, 2.75) is 13.5 Å². The zero-order valence-electron chi connectivity index (χ0n) is 16.6. The molecule has 0 atom stereocenters. The van der Waals surface area contributed by atoms with Crippen LogP contribution in [0.1, 0.15) is 21.5 Å². The lowest BCUT2D eigenvalue weighted by Crippen LogP contribution is -1.96. The van der Waals surface area contributed by atoms with Crippen molar-refractivity contribution < 1.29 is 19.2 Å². The smallest absolute Gasteiger partial charge is 0.335 e.